The van der Waals surface area contributed by atoms with Crippen molar-refractivity contribution in [1.29, 1.82) is 0 Å². The Morgan fingerprint density at radius 2 is 1.94 bits per heavy atom. The summed E-state index contributed by atoms with van der Waals surface area (Å²) in [5, 5.41) is 0. The molecule has 1 saturated heterocycles. The van der Waals surface area contributed by atoms with E-state index in [1.54, 1.807) is 0 Å². The number of nitrogens with two attached hydrogens (primary N) is 1. The van der Waals surface area contributed by atoms with Crippen LogP contribution in [-0.2, 0) is 9.59 Å². The lowest BCUT2D eigenvalue weighted by Gasteiger charge is -2.19. The van der Waals surface area contributed by atoms with E-state index in [4.69, 9.17) is 18.0 Å². The van der Waals surface area contributed by atoms with Gasteiger partial charge in [-0.15, -0.1) is 0 Å². The molecule has 0 aromatic heterocycles. The molecule has 1 heterocycles. The van der Waals surface area contributed by atoms with Gasteiger partial charge in [-0.3, -0.25) is 14.5 Å². The van der Waals surface area contributed by atoms with Crippen LogP contribution in [0.2, 0.25) is 0 Å². The standard InChI is InChI=1S/C11H16N2O2S/c1-6(9(12)16)5-13-10(14)7-3-2-4-8(7)11(13)15/h6-8H,2-5H2,1H3,(H2,12,16). The number of hydrogen-bond donors (Lipinski definition) is 1. The van der Waals surface area contributed by atoms with Gasteiger partial charge >= 0.3 is 0 Å². The van der Waals surface area contributed by atoms with E-state index < -0.39 is 0 Å². The summed E-state index contributed by atoms with van der Waals surface area (Å²) >= 11 is 4.86. The lowest BCUT2D eigenvalue weighted by atomic mass is 10.00. The molecule has 0 aromatic carbocycles. The number of carbonyl (C=O) groups is 2. The lowest BCUT2D eigenvalue weighted by molar-refractivity contribution is -0.140. The van der Waals surface area contributed by atoms with Crippen LogP contribution in [0.1, 0.15) is 26.2 Å². The Labute approximate surface area is 100 Å². The summed E-state index contributed by atoms with van der Waals surface area (Å²) in [6.07, 6.45) is 2.70. The lowest BCUT2D eigenvalue weighted by Crippen LogP contribution is -2.38. The zero-order valence-corrected chi connectivity index (χ0v) is 10.1. The zero-order chi connectivity index (χ0) is 11.9. The van der Waals surface area contributed by atoms with Gasteiger partial charge in [-0.1, -0.05) is 25.6 Å². The first-order valence-electron chi connectivity index (χ1n) is 5.67. The molecule has 2 fully saturated rings. The second-order valence-corrected chi connectivity index (χ2v) is 5.21. The van der Waals surface area contributed by atoms with E-state index in [1.165, 1.54) is 4.90 Å². The summed E-state index contributed by atoms with van der Waals surface area (Å²) in [5.41, 5.74) is 5.50. The summed E-state index contributed by atoms with van der Waals surface area (Å²) in [6, 6.07) is 0. The average molecular weight is 240 g/mol. The summed E-state index contributed by atoms with van der Waals surface area (Å²) in [4.78, 5) is 25.7. The third kappa shape index (κ3) is 1.73. The van der Waals surface area contributed by atoms with Crippen LogP contribution in [0.3, 0.4) is 0 Å². The van der Waals surface area contributed by atoms with Crippen LogP contribution < -0.4 is 5.73 Å². The van der Waals surface area contributed by atoms with Crippen LogP contribution in [0.25, 0.3) is 0 Å². The van der Waals surface area contributed by atoms with Gasteiger partial charge in [0.05, 0.1) is 16.8 Å². The highest BCUT2D eigenvalue weighted by atomic mass is 32.1. The van der Waals surface area contributed by atoms with E-state index in [0.29, 0.717) is 11.5 Å². The summed E-state index contributed by atoms with van der Waals surface area (Å²) in [5.74, 6) is -0.259. The molecule has 4 nitrogen and oxygen atoms in total. The molecule has 1 aliphatic heterocycles. The van der Waals surface area contributed by atoms with Crippen LogP contribution in [0.4, 0.5) is 0 Å². The number of likely N-dealkylation sites (tertiary alicyclic amines) is 1. The van der Waals surface area contributed by atoms with Crippen LogP contribution in [-0.4, -0.2) is 28.2 Å². The molecule has 0 spiro atoms. The quantitative estimate of drug-likeness (QED) is 0.582. The fourth-order valence-electron chi connectivity index (χ4n) is 2.60. The fourth-order valence-corrected chi connectivity index (χ4v) is 2.68. The number of carbonyl (C=O) groups excluding carboxylic acids is 2. The van der Waals surface area contributed by atoms with Gasteiger partial charge in [-0.25, -0.2) is 0 Å². The maximum Gasteiger partial charge on any atom is 0.233 e. The van der Waals surface area contributed by atoms with Gasteiger partial charge in [-0.2, -0.15) is 0 Å². The largest absolute Gasteiger partial charge is 0.393 e. The predicted octanol–water partition coefficient (Wildman–Crippen LogP) is 0.694. The number of fused-ring (bicyclic) bond motifs is 1. The first kappa shape index (κ1) is 11.5. The van der Waals surface area contributed by atoms with Gasteiger partial charge in [0.2, 0.25) is 11.8 Å². The van der Waals surface area contributed by atoms with Gasteiger partial charge in [-0.05, 0) is 12.8 Å². The molecule has 3 atom stereocenters. The van der Waals surface area contributed by atoms with Crippen molar-refractivity contribution in [2.75, 3.05) is 6.54 Å². The van der Waals surface area contributed by atoms with Gasteiger partial charge in [0.25, 0.3) is 0 Å². The van der Waals surface area contributed by atoms with E-state index in [1.807, 2.05) is 6.92 Å². The van der Waals surface area contributed by atoms with Crippen LogP contribution >= 0.6 is 12.2 Å². The molecule has 1 saturated carbocycles. The van der Waals surface area contributed by atoms with Crippen molar-refractivity contribution in [3.8, 4) is 0 Å². The normalized spacial score (nSPS) is 30.7. The smallest absolute Gasteiger partial charge is 0.233 e. The van der Waals surface area contributed by atoms with Crippen molar-refractivity contribution in [3.63, 3.8) is 0 Å². The Morgan fingerprint density at radius 1 is 1.44 bits per heavy atom. The average Bonchev–Trinajstić information content (AvgIpc) is 2.78. The Balaban J connectivity index is 2.09. The van der Waals surface area contributed by atoms with Gasteiger partial charge < -0.3 is 5.73 Å². The Hall–Kier alpha value is -0.970. The van der Waals surface area contributed by atoms with E-state index in [2.05, 4.69) is 0 Å². The van der Waals surface area contributed by atoms with E-state index in [-0.39, 0.29) is 29.6 Å². The summed E-state index contributed by atoms with van der Waals surface area (Å²) in [6.45, 7) is 2.19. The van der Waals surface area contributed by atoms with E-state index in [9.17, 15) is 9.59 Å². The monoisotopic (exact) mass is 240 g/mol. The number of thiocarbonyl (C=S) groups is 1. The molecule has 5 heteroatoms. The van der Waals surface area contributed by atoms with Crippen molar-refractivity contribution in [1.82, 2.24) is 4.90 Å². The minimum atomic E-state index is -0.0956. The number of amides is 2. The maximum atomic E-state index is 12.0. The second kappa shape index (κ2) is 4.13. The first-order valence-corrected chi connectivity index (χ1v) is 6.07. The zero-order valence-electron chi connectivity index (χ0n) is 9.31. The Bertz CT molecular complexity index is 334. The van der Waals surface area contributed by atoms with Crippen molar-refractivity contribution >= 4 is 29.0 Å². The molecule has 88 valence electrons. The minimum Gasteiger partial charge on any atom is -0.393 e. The molecule has 3 unspecified atom stereocenters. The summed E-state index contributed by atoms with van der Waals surface area (Å²) < 4.78 is 0. The predicted molar refractivity (Wildman–Crippen MR) is 63.5 cm³/mol. The SMILES string of the molecule is CC(CN1C(=O)C2CCCC2C1=O)C(N)=S. The molecular formula is C11H16N2O2S. The molecule has 2 rings (SSSR count). The maximum absolute atomic E-state index is 12.0. The van der Waals surface area contributed by atoms with Crippen molar-refractivity contribution in [3.05, 3.63) is 0 Å². The van der Waals surface area contributed by atoms with Gasteiger partial charge in [0.1, 0.15) is 0 Å². The molecule has 2 amide bonds. The number of nitrogens with zero attached hydrogens (tertiary/aromatic N) is 1. The first-order chi connectivity index (χ1) is 7.52. The van der Waals surface area contributed by atoms with E-state index >= 15 is 0 Å². The van der Waals surface area contributed by atoms with E-state index in [0.717, 1.165) is 19.3 Å². The van der Waals surface area contributed by atoms with Gasteiger partial charge in [0, 0.05) is 12.5 Å². The topological polar surface area (TPSA) is 63.4 Å². The second-order valence-electron chi connectivity index (χ2n) is 4.73. The molecule has 16 heavy (non-hydrogen) atoms. The Kier molecular flexibility index (Phi) is 2.97. The fraction of sp³-hybridized carbons (Fsp3) is 0.727. The molecule has 2 aliphatic rings. The molecule has 0 aromatic rings. The minimum absolute atomic E-state index is 0.0180. The van der Waals surface area contributed by atoms with Gasteiger partial charge in [0.15, 0.2) is 0 Å². The van der Waals surface area contributed by atoms with Crippen LogP contribution in [0, 0.1) is 17.8 Å². The molecule has 0 radical (unpaired) electrons. The third-order valence-electron chi connectivity index (χ3n) is 3.62. The third-order valence-corrected chi connectivity index (χ3v) is 4.03. The van der Waals surface area contributed by atoms with Crippen molar-refractivity contribution < 1.29 is 9.59 Å². The highest BCUT2D eigenvalue weighted by molar-refractivity contribution is 7.80. The summed E-state index contributed by atoms with van der Waals surface area (Å²) in [7, 11) is 0. The molecular weight excluding hydrogens is 224 g/mol. The Morgan fingerprint density at radius 3 is 2.38 bits per heavy atom. The van der Waals surface area contributed by atoms with Crippen molar-refractivity contribution in [2.24, 2.45) is 23.5 Å². The molecule has 1 aliphatic carbocycles. The number of rotatable bonds is 3. The molecule has 0 bridgehead atoms. The van der Waals surface area contributed by atoms with Crippen LogP contribution in [0.15, 0.2) is 0 Å². The van der Waals surface area contributed by atoms with Crippen LogP contribution in [0.5, 0.6) is 0 Å². The number of imide groups is 1. The highest BCUT2D eigenvalue weighted by Gasteiger charge is 2.49. The number of hydrogen-bond acceptors (Lipinski definition) is 3. The highest BCUT2D eigenvalue weighted by Crippen LogP contribution is 2.39. The van der Waals surface area contributed by atoms with Crippen molar-refractivity contribution in [2.45, 2.75) is 26.2 Å². The molecule has 2 N–H and O–H groups in total.